The van der Waals surface area contributed by atoms with E-state index >= 15 is 0 Å². The van der Waals surface area contributed by atoms with E-state index in [1.165, 1.54) is 0 Å². The lowest BCUT2D eigenvalue weighted by Gasteiger charge is -2.33. The summed E-state index contributed by atoms with van der Waals surface area (Å²) in [7, 11) is 0. The van der Waals surface area contributed by atoms with Crippen molar-refractivity contribution in [1.82, 2.24) is 0 Å². The first kappa shape index (κ1) is 12.5. The van der Waals surface area contributed by atoms with E-state index in [0.717, 1.165) is 35.0 Å². The molecule has 2 aliphatic rings. The van der Waals surface area contributed by atoms with Crippen LogP contribution in [-0.2, 0) is 4.74 Å². The predicted octanol–water partition coefficient (Wildman–Crippen LogP) is 3.17. The number of hydrogen-bond acceptors (Lipinski definition) is 3. The zero-order valence-electron chi connectivity index (χ0n) is 10.4. The number of rotatable bonds is 1. The van der Waals surface area contributed by atoms with Gasteiger partial charge in [-0.1, -0.05) is 15.9 Å². The van der Waals surface area contributed by atoms with Crippen molar-refractivity contribution in [3.63, 3.8) is 0 Å². The fraction of sp³-hybridized carbons (Fsp3) is 0.571. The van der Waals surface area contributed by atoms with Gasteiger partial charge in [0.25, 0.3) is 0 Å². The minimum atomic E-state index is 0.0377. The number of halogens is 1. The summed E-state index contributed by atoms with van der Waals surface area (Å²) < 4.78 is 13.0. The van der Waals surface area contributed by atoms with E-state index in [4.69, 9.17) is 15.2 Å². The van der Waals surface area contributed by atoms with E-state index in [9.17, 15) is 0 Å². The molecule has 0 spiro atoms. The van der Waals surface area contributed by atoms with Crippen LogP contribution in [0.3, 0.4) is 0 Å². The quantitative estimate of drug-likeness (QED) is 0.866. The fourth-order valence-corrected chi connectivity index (χ4v) is 3.22. The minimum Gasteiger partial charge on any atom is -0.487 e. The molecule has 0 aromatic heterocycles. The first-order chi connectivity index (χ1) is 8.63. The molecule has 1 saturated heterocycles. The Kier molecular flexibility index (Phi) is 3.34. The Labute approximate surface area is 116 Å². The van der Waals surface area contributed by atoms with Gasteiger partial charge in [0.2, 0.25) is 0 Å². The van der Waals surface area contributed by atoms with Gasteiger partial charge in [-0.05, 0) is 38.0 Å². The summed E-state index contributed by atoms with van der Waals surface area (Å²) in [6.07, 6.45) is 3.67. The standard InChI is InChI=1S/C14H18BrNO2/c1-8-2-4-13(17-8)14-7-11(16)10-6-9(15)3-5-12(10)18-14/h3,5-6,8,11,13-14H,2,4,7,16H2,1H3/t8?,11-,13?,14?/m1/s1. The lowest BCUT2D eigenvalue weighted by molar-refractivity contribution is -0.0281. The molecule has 2 N–H and O–H groups in total. The maximum atomic E-state index is 6.25. The monoisotopic (exact) mass is 311 g/mol. The Morgan fingerprint density at radius 3 is 2.83 bits per heavy atom. The number of fused-ring (bicyclic) bond motifs is 1. The molecule has 18 heavy (non-hydrogen) atoms. The van der Waals surface area contributed by atoms with Gasteiger partial charge in [0, 0.05) is 22.5 Å². The van der Waals surface area contributed by atoms with Crippen molar-refractivity contribution >= 4 is 15.9 Å². The highest BCUT2D eigenvalue weighted by Crippen LogP contribution is 2.38. The van der Waals surface area contributed by atoms with Gasteiger partial charge in [0.05, 0.1) is 12.2 Å². The van der Waals surface area contributed by atoms with Gasteiger partial charge in [-0.15, -0.1) is 0 Å². The SMILES string of the molecule is CC1CCC(C2C[C@@H](N)c3cc(Br)ccc3O2)O1. The maximum absolute atomic E-state index is 6.25. The summed E-state index contributed by atoms with van der Waals surface area (Å²) >= 11 is 3.47. The molecule has 3 unspecified atom stereocenters. The largest absolute Gasteiger partial charge is 0.487 e. The predicted molar refractivity (Wildman–Crippen MR) is 73.7 cm³/mol. The van der Waals surface area contributed by atoms with Crippen LogP contribution in [0.25, 0.3) is 0 Å². The Morgan fingerprint density at radius 2 is 2.11 bits per heavy atom. The molecule has 1 aromatic rings. The van der Waals surface area contributed by atoms with Crippen molar-refractivity contribution in [3.05, 3.63) is 28.2 Å². The van der Waals surface area contributed by atoms with Crippen LogP contribution in [0.2, 0.25) is 0 Å². The summed E-state index contributed by atoms with van der Waals surface area (Å²) in [5.41, 5.74) is 7.34. The average Bonchev–Trinajstić information content (AvgIpc) is 2.77. The lowest BCUT2D eigenvalue weighted by Crippen LogP contribution is -2.38. The van der Waals surface area contributed by atoms with Gasteiger partial charge in [-0.2, -0.15) is 0 Å². The first-order valence-corrected chi connectivity index (χ1v) is 7.30. The van der Waals surface area contributed by atoms with Crippen molar-refractivity contribution in [2.75, 3.05) is 0 Å². The van der Waals surface area contributed by atoms with E-state index < -0.39 is 0 Å². The second kappa shape index (κ2) is 4.83. The smallest absolute Gasteiger partial charge is 0.127 e. The molecule has 98 valence electrons. The molecule has 0 bridgehead atoms. The third-order valence-corrected chi connectivity index (χ3v) is 4.31. The van der Waals surface area contributed by atoms with Crippen LogP contribution in [0.1, 0.15) is 37.8 Å². The van der Waals surface area contributed by atoms with Crippen molar-refractivity contribution in [2.24, 2.45) is 5.73 Å². The van der Waals surface area contributed by atoms with Crippen LogP contribution >= 0.6 is 15.9 Å². The number of ether oxygens (including phenoxy) is 2. The highest BCUT2D eigenvalue weighted by Gasteiger charge is 2.36. The molecule has 0 saturated carbocycles. The van der Waals surface area contributed by atoms with E-state index in [1.54, 1.807) is 0 Å². The van der Waals surface area contributed by atoms with E-state index in [1.807, 2.05) is 18.2 Å². The molecular weight excluding hydrogens is 294 g/mol. The molecule has 1 aromatic carbocycles. The van der Waals surface area contributed by atoms with Crippen LogP contribution in [0.5, 0.6) is 5.75 Å². The molecule has 3 rings (SSSR count). The summed E-state index contributed by atoms with van der Waals surface area (Å²) in [4.78, 5) is 0. The third kappa shape index (κ3) is 2.29. The van der Waals surface area contributed by atoms with Crippen molar-refractivity contribution in [1.29, 1.82) is 0 Å². The van der Waals surface area contributed by atoms with Gasteiger partial charge < -0.3 is 15.2 Å². The lowest BCUT2D eigenvalue weighted by atomic mass is 9.94. The molecule has 2 heterocycles. The molecule has 4 atom stereocenters. The topological polar surface area (TPSA) is 44.5 Å². The molecule has 1 fully saturated rings. The molecule has 4 heteroatoms. The molecule has 2 aliphatic heterocycles. The van der Waals surface area contributed by atoms with E-state index in [0.29, 0.717) is 6.10 Å². The van der Waals surface area contributed by atoms with Crippen molar-refractivity contribution < 1.29 is 9.47 Å². The highest BCUT2D eigenvalue weighted by molar-refractivity contribution is 9.10. The number of hydrogen-bond donors (Lipinski definition) is 1. The number of benzene rings is 1. The van der Waals surface area contributed by atoms with Crippen LogP contribution in [0, 0.1) is 0 Å². The number of nitrogens with two attached hydrogens (primary N) is 1. The van der Waals surface area contributed by atoms with Gasteiger partial charge in [0.15, 0.2) is 0 Å². The zero-order valence-corrected chi connectivity index (χ0v) is 12.0. The maximum Gasteiger partial charge on any atom is 0.127 e. The Hall–Kier alpha value is -0.580. The molecule has 0 aliphatic carbocycles. The van der Waals surface area contributed by atoms with E-state index in [2.05, 4.69) is 22.9 Å². The average molecular weight is 312 g/mol. The van der Waals surface area contributed by atoms with E-state index in [-0.39, 0.29) is 18.2 Å². The zero-order chi connectivity index (χ0) is 12.7. The Balaban J connectivity index is 1.81. The van der Waals surface area contributed by atoms with Crippen LogP contribution < -0.4 is 10.5 Å². The van der Waals surface area contributed by atoms with Crippen LogP contribution in [0.15, 0.2) is 22.7 Å². The fourth-order valence-electron chi connectivity index (χ4n) is 2.84. The second-order valence-electron chi connectivity index (χ2n) is 5.24. The molecular formula is C14H18BrNO2. The molecule has 3 nitrogen and oxygen atoms in total. The molecule has 0 amide bonds. The third-order valence-electron chi connectivity index (χ3n) is 3.82. The van der Waals surface area contributed by atoms with Crippen molar-refractivity contribution in [3.8, 4) is 5.75 Å². The molecule has 0 radical (unpaired) electrons. The van der Waals surface area contributed by atoms with Gasteiger partial charge >= 0.3 is 0 Å². The van der Waals surface area contributed by atoms with Crippen molar-refractivity contribution in [2.45, 2.75) is 50.5 Å². The highest BCUT2D eigenvalue weighted by atomic mass is 79.9. The summed E-state index contributed by atoms with van der Waals surface area (Å²) in [5.74, 6) is 0.908. The van der Waals surface area contributed by atoms with Gasteiger partial charge in [-0.3, -0.25) is 0 Å². The van der Waals surface area contributed by atoms with Gasteiger partial charge in [0.1, 0.15) is 11.9 Å². The summed E-state index contributed by atoms with van der Waals surface area (Å²) in [6.45, 7) is 2.12. The normalized spacial score (nSPS) is 35.1. The van der Waals surface area contributed by atoms with Crippen LogP contribution in [-0.4, -0.2) is 18.3 Å². The second-order valence-corrected chi connectivity index (χ2v) is 6.16. The summed E-state index contributed by atoms with van der Waals surface area (Å²) in [5, 5.41) is 0. The minimum absolute atomic E-state index is 0.0377. The Bertz CT molecular complexity index is 451. The summed E-state index contributed by atoms with van der Waals surface area (Å²) in [6, 6.07) is 6.07. The Morgan fingerprint density at radius 1 is 1.28 bits per heavy atom. The van der Waals surface area contributed by atoms with Crippen LogP contribution in [0.4, 0.5) is 0 Å². The first-order valence-electron chi connectivity index (χ1n) is 6.50. The van der Waals surface area contributed by atoms with Gasteiger partial charge in [-0.25, -0.2) is 0 Å².